The van der Waals surface area contributed by atoms with E-state index in [9.17, 15) is 31.9 Å². The number of carbonyl (C=O) groups is 3. The van der Waals surface area contributed by atoms with E-state index in [4.69, 9.17) is 0 Å². The maximum atomic E-state index is 13.1. The zero-order valence-electron chi connectivity index (χ0n) is 16.9. The Balaban J connectivity index is 1.60. The van der Waals surface area contributed by atoms with Crippen LogP contribution < -0.4 is 0 Å². The number of benzene rings is 2. The number of carbonyl (C=O) groups excluding carboxylic acids is 3. The molecule has 1 saturated heterocycles. The summed E-state index contributed by atoms with van der Waals surface area (Å²) in [5.41, 5.74) is 1.01. The number of likely N-dealkylation sites (tertiary alicyclic amines) is 1. The molecular formula is C22H19NO7S2-2. The molecule has 10 heteroatoms. The van der Waals surface area contributed by atoms with E-state index < -0.39 is 33.7 Å². The highest BCUT2D eigenvalue weighted by Crippen LogP contribution is 2.31. The molecule has 1 heterocycles. The number of ketones is 2. The van der Waals surface area contributed by atoms with Crippen LogP contribution in [-0.2, 0) is 27.9 Å². The van der Waals surface area contributed by atoms with Gasteiger partial charge in [0.15, 0.2) is 11.6 Å². The lowest BCUT2D eigenvalue weighted by Crippen LogP contribution is -2.39. The van der Waals surface area contributed by atoms with Crippen LogP contribution in [0.4, 0.5) is 0 Å². The van der Waals surface area contributed by atoms with Crippen molar-refractivity contribution >= 4 is 39.6 Å². The second kappa shape index (κ2) is 9.14. The average Bonchev–Trinajstić information content (AvgIpc) is 2.76. The molecule has 0 N–H and O–H groups in total. The summed E-state index contributed by atoms with van der Waals surface area (Å²) < 4.78 is 44.1. The van der Waals surface area contributed by atoms with Crippen molar-refractivity contribution in [1.82, 2.24) is 4.90 Å². The highest BCUT2D eigenvalue weighted by atomic mass is 32.2. The van der Waals surface area contributed by atoms with Gasteiger partial charge in [-0.1, -0.05) is 40.4 Å². The largest absolute Gasteiger partial charge is 0.772 e. The van der Waals surface area contributed by atoms with Gasteiger partial charge in [0.1, 0.15) is 0 Å². The molecule has 1 amide bonds. The molecule has 0 saturated carbocycles. The van der Waals surface area contributed by atoms with Crippen LogP contribution in [0.2, 0.25) is 0 Å². The molecule has 8 nitrogen and oxygen atoms in total. The van der Waals surface area contributed by atoms with Gasteiger partial charge in [0, 0.05) is 52.4 Å². The molecule has 168 valence electrons. The minimum atomic E-state index is -2.42. The molecule has 32 heavy (non-hydrogen) atoms. The van der Waals surface area contributed by atoms with Crippen LogP contribution in [0.15, 0.2) is 36.4 Å². The topological polar surface area (TPSA) is 135 Å². The standard InChI is InChI=1S/C22H21NO7S2/c24-20-17-3-1-2-15(12-32(29)30)19(17)21(25)16-5-4-14(10-18(16)20)22(26)23-8-6-13(7-9-23)11-31(27)28/h1-5,10,13H,6-9,11-12H2,(H,27,28)(H,29,30)/p-2. The average molecular weight is 474 g/mol. The van der Waals surface area contributed by atoms with Crippen molar-refractivity contribution in [1.29, 1.82) is 0 Å². The Kier molecular flexibility index (Phi) is 6.47. The fraction of sp³-hybridized carbons (Fsp3) is 0.318. The number of amides is 1. The van der Waals surface area contributed by atoms with Crippen molar-refractivity contribution < 1.29 is 31.9 Å². The summed E-state index contributed by atoms with van der Waals surface area (Å²) in [7, 11) is 0. The van der Waals surface area contributed by atoms with E-state index in [1.165, 1.54) is 36.4 Å². The van der Waals surface area contributed by atoms with Crippen LogP contribution in [-0.4, -0.2) is 58.7 Å². The predicted octanol–water partition coefficient (Wildman–Crippen LogP) is 1.57. The summed E-state index contributed by atoms with van der Waals surface area (Å²) in [6.45, 7) is 0.840. The molecule has 1 fully saturated rings. The molecule has 1 aliphatic carbocycles. The fourth-order valence-electron chi connectivity index (χ4n) is 4.33. The van der Waals surface area contributed by atoms with Crippen molar-refractivity contribution in [3.8, 4) is 0 Å². The van der Waals surface area contributed by atoms with Crippen LogP contribution >= 0.6 is 0 Å². The van der Waals surface area contributed by atoms with Crippen LogP contribution in [0.1, 0.15) is 60.6 Å². The SMILES string of the molecule is O=C1c2cc(C(=O)N3CCC(CS(=O)[O-])CC3)ccc2C(=O)c2c(CS(=O)[O-])cccc21. The Labute approximate surface area is 189 Å². The van der Waals surface area contributed by atoms with E-state index >= 15 is 0 Å². The lowest BCUT2D eigenvalue weighted by Gasteiger charge is -2.32. The van der Waals surface area contributed by atoms with Gasteiger partial charge in [-0.3, -0.25) is 22.8 Å². The summed E-state index contributed by atoms with van der Waals surface area (Å²) in [6, 6.07) is 8.86. The van der Waals surface area contributed by atoms with E-state index in [0.717, 1.165) is 0 Å². The first kappa shape index (κ1) is 22.7. The van der Waals surface area contributed by atoms with Gasteiger partial charge in [0.05, 0.1) is 0 Å². The molecule has 2 unspecified atom stereocenters. The second-order valence-electron chi connectivity index (χ2n) is 7.91. The zero-order chi connectivity index (χ0) is 23.0. The first-order chi connectivity index (χ1) is 15.3. The summed E-state index contributed by atoms with van der Waals surface area (Å²) in [5.74, 6) is -1.42. The van der Waals surface area contributed by atoms with Gasteiger partial charge >= 0.3 is 0 Å². The number of rotatable bonds is 5. The van der Waals surface area contributed by atoms with E-state index in [1.54, 1.807) is 4.90 Å². The smallest absolute Gasteiger partial charge is 0.253 e. The number of fused-ring (bicyclic) bond motifs is 2. The van der Waals surface area contributed by atoms with Gasteiger partial charge in [-0.25, -0.2) is 0 Å². The van der Waals surface area contributed by atoms with Crippen molar-refractivity contribution in [2.45, 2.75) is 18.6 Å². The van der Waals surface area contributed by atoms with Gasteiger partial charge in [-0.05, 0) is 42.5 Å². The van der Waals surface area contributed by atoms with Crippen LogP contribution in [0.5, 0.6) is 0 Å². The van der Waals surface area contributed by atoms with Gasteiger partial charge in [-0.2, -0.15) is 0 Å². The molecule has 0 radical (unpaired) electrons. The van der Waals surface area contributed by atoms with Crippen molar-refractivity contribution in [2.24, 2.45) is 5.92 Å². The molecule has 2 aromatic rings. The number of piperidine rings is 1. The Morgan fingerprint density at radius 3 is 2.31 bits per heavy atom. The maximum absolute atomic E-state index is 13.1. The molecule has 0 bridgehead atoms. The molecular weight excluding hydrogens is 454 g/mol. The van der Waals surface area contributed by atoms with Gasteiger partial charge in [0.2, 0.25) is 0 Å². The minimum absolute atomic E-state index is 0.0225. The lowest BCUT2D eigenvalue weighted by atomic mass is 9.81. The van der Waals surface area contributed by atoms with Gasteiger partial charge < -0.3 is 14.0 Å². The summed E-state index contributed by atoms with van der Waals surface area (Å²) in [6.07, 6.45) is 1.17. The monoisotopic (exact) mass is 473 g/mol. The van der Waals surface area contributed by atoms with E-state index in [-0.39, 0.29) is 56.7 Å². The molecule has 2 atom stereocenters. The first-order valence-electron chi connectivity index (χ1n) is 10.0. The Bertz CT molecular complexity index is 1170. The number of hydrogen-bond donors (Lipinski definition) is 0. The predicted molar refractivity (Wildman–Crippen MR) is 115 cm³/mol. The Morgan fingerprint density at radius 1 is 0.938 bits per heavy atom. The van der Waals surface area contributed by atoms with Crippen molar-refractivity contribution in [3.05, 3.63) is 69.8 Å². The minimum Gasteiger partial charge on any atom is -0.772 e. The molecule has 2 aliphatic rings. The summed E-state index contributed by atoms with van der Waals surface area (Å²) >= 11 is -4.53. The maximum Gasteiger partial charge on any atom is 0.253 e. The third-order valence-corrected chi connectivity index (χ3v) is 7.22. The zero-order valence-corrected chi connectivity index (χ0v) is 18.5. The first-order valence-corrected chi connectivity index (χ1v) is 12.5. The van der Waals surface area contributed by atoms with Gasteiger partial charge in [0.25, 0.3) is 5.91 Å². The third-order valence-electron chi connectivity index (χ3n) is 5.93. The summed E-state index contributed by atoms with van der Waals surface area (Å²) in [5, 5.41) is 0. The summed E-state index contributed by atoms with van der Waals surface area (Å²) in [4.78, 5) is 40.7. The lowest BCUT2D eigenvalue weighted by molar-refractivity contribution is 0.0697. The Hall–Kier alpha value is -2.53. The molecule has 2 aromatic carbocycles. The van der Waals surface area contributed by atoms with Crippen LogP contribution in [0.25, 0.3) is 0 Å². The molecule has 0 spiro atoms. The number of nitrogens with zero attached hydrogens (tertiary/aromatic N) is 1. The van der Waals surface area contributed by atoms with Crippen LogP contribution in [0.3, 0.4) is 0 Å². The molecule has 4 rings (SSSR count). The van der Waals surface area contributed by atoms with Crippen LogP contribution in [0, 0.1) is 5.92 Å². The second-order valence-corrected chi connectivity index (χ2v) is 9.75. The normalized spacial score (nSPS) is 18.1. The molecule has 1 aliphatic heterocycles. The Morgan fingerprint density at radius 2 is 1.66 bits per heavy atom. The fourth-order valence-corrected chi connectivity index (χ4v) is 5.54. The number of hydrogen-bond acceptors (Lipinski definition) is 7. The van der Waals surface area contributed by atoms with Crippen molar-refractivity contribution in [2.75, 3.05) is 18.8 Å². The highest BCUT2D eigenvalue weighted by Gasteiger charge is 2.33. The van der Waals surface area contributed by atoms with E-state index in [2.05, 4.69) is 0 Å². The quantitative estimate of drug-likeness (QED) is 0.513. The highest BCUT2D eigenvalue weighted by molar-refractivity contribution is 7.79. The van der Waals surface area contributed by atoms with Gasteiger partial charge in [-0.15, -0.1) is 0 Å². The molecule has 0 aromatic heterocycles. The van der Waals surface area contributed by atoms with Crippen molar-refractivity contribution in [3.63, 3.8) is 0 Å². The van der Waals surface area contributed by atoms with E-state index in [1.807, 2.05) is 0 Å². The third kappa shape index (κ3) is 4.36. The van der Waals surface area contributed by atoms with E-state index in [0.29, 0.717) is 25.9 Å².